The maximum Gasteiger partial charge on any atom is 0.261 e. The maximum absolute atomic E-state index is 5.53. The van der Waals surface area contributed by atoms with Gasteiger partial charge in [-0.3, -0.25) is 0 Å². The molecule has 0 N–H and O–H groups in total. The third-order valence-corrected chi connectivity index (χ3v) is 3.37. The highest BCUT2D eigenvalue weighted by Crippen LogP contribution is 2.40. The normalized spacial score (nSPS) is 18.2. The molecule has 0 aromatic heterocycles. The minimum absolute atomic E-state index is 0.633. The molecule has 3 rings (SSSR count). The van der Waals surface area contributed by atoms with Crippen molar-refractivity contribution in [3.05, 3.63) is 24.3 Å². The van der Waals surface area contributed by atoms with Crippen molar-refractivity contribution in [2.75, 3.05) is 0 Å². The first-order valence-electron chi connectivity index (χ1n) is 3.71. The van der Waals surface area contributed by atoms with Crippen LogP contribution in [0.2, 0.25) is 0 Å². The Morgan fingerprint density at radius 2 is 2.15 bits per heavy atom. The zero-order valence-electron chi connectivity index (χ0n) is 6.43. The molecule has 0 amide bonds. The number of ether oxygens (including phenoxy) is 1. The molecular formula is C8H4N2OS2. The fraction of sp³-hybridized carbons (Fsp3) is 0. The first kappa shape index (κ1) is 7.46. The van der Waals surface area contributed by atoms with Gasteiger partial charge < -0.3 is 4.74 Å². The third kappa shape index (κ3) is 1.15. The second-order valence-electron chi connectivity index (χ2n) is 2.54. The summed E-state index contributed by atoms with van der Waals surface area (Å²) in [5, 5.41) is 0.865. The van der Waals surface area contributed by atoms with Gasteiger partial charge >= 0.3 is 0 Å². The molecule has 2 aliphatic heterocycles. The van der Waals surface area contributed by atoms with E-state index in [0.717, 1.165) is 16.5 Å². The van der Waals surface area contributed by atoms with Crippen molar-refractivity contribution in [3.63, 3.8) is 0 Å². The number of nitrogens with zero attached hydrogens (tertiary/aromatic N) is 2. The molecule has 0 saturated heterocycles. The Labute approximate surface area is 82.8 Å². The molecular weight excluding hydrogens is 204 g/mol. The van der Waals surface area contributed by atoms with Crippen LogP contribution in [-0.4, -0.2) is 10.9 Å². The monoisotopic (exact) mass is 208 g/mol. The van der Waals surface area contributed by atoms with Gasteiger partial charge in [-0.2, -0.15) is 4.40 Å². The Bertz CT molecular complexity index is 428. The number of aliphatic imine (C=N–C) groups is 1. The molecule has 64 valence electrons. The van der Waals surface area contributed by atoms with E-state index in [2.05, 4.69) is 9.39 Å². The van der Waals surface area contributed by atoms with Gasteiger partial charge in [0.15, 0.2) is 10.8 Å². The minimum Gasteiger partial charge on any atom is -0.434 e. The van der Waals surface area contributed by atoms with Crippen molar-refractivity contribution >= 4 is 38.4 Å². The molecule has 3 nitrogen and oxygen atoms in total. The smallest absolute Gasteiger partial charge is 0.261 e. The average molecular weight is 208 g/mol. The molecule has 0 radical (unpaired) electrons. The van der Waals surface area contributed by atoms with E-state index in [1.165, 1.54) is 21.8 Å². The summed E-state index contributed by atoms with van der Waals surface area (Å²) >= 11 is 0. The maximum atomic E-state index is 5.53. The molecule has 2 aliphatic rings. The Balaban J connectivity index is 2.18. The van der Waals surface area contributed by atoms with Crippen LogP contribution >= 0.6 is 21.8 Å². The van der Waals surface area contributed by atoms with Gasteiger partial charge in [-0.05, 0) is 22.9 Å². The number of benzene rings is 1. The lowest BCUT2D eigenvalue weighted by Crippen LogP contribution is -2.17. The predicted octanol–water partition coefficient (Wildman–Crippen LogP) is 2.82. The number of hydrogen-bond acceptors (Lipinski definition) is 5. The SMILES string of the molecule is c1ccc2c(c1)N=C1SSN=C1O2. The van der Waals surface area contributed by atoms with E-state index in [0.29, 0.717) is 5.90 Å². The Morgan fingerprint density at radius 3 is 3.15 bits per heavy atom. The lowest BCUT2D eigenvalue weighted by atomic mass is 10.3. The van der Waals surface area contributed by atoms with E-state index < -0.39 is 0 Å². The quantitative estimate of drug-likeness (QED) is 0.485. The van der Waals surface area contributed by atoms with Gasteiger partial charge in [0.1, 0.15) is 5.69 Å². The summed E-state index contributed by atoms with van der Waals surface area (Å²) in [7, 11) is 2.93. The summed E-state index contributed by atoms with van der Waals surface area (Å²) < 4.78 is 9.63. The van der Waals surface area contributed by atoms with Gasteiger partial charge in [-0.1, -0.05) is 12.1 Å². The number of rotatable bonds is 0. The van der Waals surface area contributed by atoms with Crippen LogP contribution in [-0.2, 0) is 0 Å². The summed E-state index contributed by atoms with van der Waals surface area (Å²) in [5.41, 5.74) is 0.881. The lowest BCUT2D eigenvalue weighted by Gasteiger charge is -2.12. The van der Waals surface area contributed by atoms with Crippen LogP contribution in [0.4, 0.5) is 5.69 Å². The van der Waals surface area contributed by atoms with Crippen LogP contribution < -0.4 is 4.74 Å². The van der Waals surface area contributed by atoms with Crippen molar-refractivity contribution in [2.45, 2.75) is 0 Å². The number of hydrogen-bond donors (Lipinski definition) is 0. The Kier molecular flexibility index (Phi) is 1.60. The fourth-order valence-corrected chi connectivity index (χ4v) is 2.64. The van der Waals surface area contributed by atoms with Crippen molar-refractivity contribution < 1.29 is 4.74 Å². The Morgan fingerprint density at radius 1 is 1.23 bits per heavy atom. The van der Waals surface area contributed by atoms with Gasteiger partial charge in [0, 0.05) is 0 Å². The van der Waals surface area contributed by atoms with E-state index in [1.807, 2.05) is 24.3 Å². The van der Waals surface area contributed by atoms with Crippen LogP contribution in [0.5, 0.6) is 5.75 Å². The second kappa shape index (κ2) is 2.78. The predicted molar refractivity (Wildman–Crippen MR) is 56.8 cm³/mol. The summed E-state index contributed by atoms with van der Waals surface area (Å²) in [4.78, 5) is 4.41. The van der Waals surface area contributed by atoms with Crippen LogP contribution in [0.3, 0.4) is 0 Å². The first-order chi connectivity index (χ1) is 6.43. The summed E-state index contributed by atoms with van der Waals surface area (Å²) in [6.07, 6.45) is 0. The summed E-state index contributed by atoms with van der Waals surface area (Å²) in [5.74, 6) is 1.42. The molecule has 0 spiro atoms. The number of para-hydroxylation sites is 2. The third-order valence-electron chi connectivity index (χ3n) is 1.71. The van der Waals surface area contributed by atoms with Crippen LogP contribution in [0, 0.1) is 0 Å². The first-order valence-corrected chi connectivity index (χ1v) is 5.82. The van der Waals surface area contributed by atoms with Crippen molar-refractivity contribution in [3.8, 4) is 5.75 Å². The lowest BCUT2D eigenvalue weighted by molar-refractivity contribution is 0.561. The van der Waals surface area contributed by atoms with E-state index in [1.54, 1.807) is 0 Å². The molecule has 0 atom stereocenters. The molecule has 5 heteroatoms. The van der Waals surface area contributed by atoms with Crippen LogP contribution in [0.1, 0.15) is 0 Å². The van der Waals surface area contributed by atoms with Crippen molar-refractivity contribution in [2.24, 2.45) is 9.39 Å². The highest BCUT2D eigenvalue weighted by molar-refractivity contribution is 8.83. The van der Waals surface area contributed by atoms with E-state index in [4.69, 9.17) is 4.74 Å². The molecule has 1 aromatic rings. The molecule has 1 aromatic carbocycles. The van der Waals surface area contributed by atoms with Crippen molar-refractivity contribution in [1.82, 2.24) is 0 Å². The van der Waals surface area contributed by atoms with Crippen LogP contribution in [0.15, 0.2) is 33.7 Å². The average Bonchev–Trinajstić information content (AvgIpc) is 2.61. The van der Waals surface area contributed by atoms with Gasteiger partial charge in [-0.15, -0.1) is 0 Å². The second-order valence-corrected chi connectivity index (χ2v) is 4.37. The van der Waals surface area contributed by atoms with Gasteiger partial charge in [-0.25, -0.2) is 4.99 Å². The van der Waals surface area contributed by atoms with E-state index >= 15 is 0 Å². The molecule has 0 saturated carbocycles. The highest BCUT2D eigenvalue weighted by atomic mass is 33.1. The minimum atomic E-state index is 0.633. The molecule has 2 heterocycles. The highest BCUT2D eigenvalue weighted by Gasteiger charge is 2.25. The topological polar surface area (TPSA) is 34.0 Å². The molecule has 0 unspecified atom stereocenters. The zero-order chi connectivity index (χ0) is 8.67. The van der Waals surface area contributed by atoms with E-state index in [-0.39, 0.29) is 0 Å². The standard InChI is InChI=1S/C8H4N2OS2/c1-2-4-6-5(3-1)9-8-7(11-6)10-13-12-8/h1-4H. The fourth-order valence-electron chi connectivity index (χ4n) is 1.14. The zero-order valence-corrected chi connectivity index (χ0v) is 8.06. The Hall–Kier alpha value is -0.940. The summed E-state index contributed by atoms with van der Waals surface area (Å²) in [6, 6.07) is 7.70. The molecule has 13 heavy (non-hydrogen) atoms. The molecule has 0 fully saturated rings. The van der Waals surface area contributed by atoms with E-state index in [9.17, 15) is 0 Å². The van der Waals surface area contributed by atoms with Crippen molar-refractivity contribution in [1.29, 1.82) is 0 Å². The molecule has 0 aliphatic carbocycles. The van der Waals surface area contributed by atoms with Gasteiger partial charge in [0.2, 0.25) is 0 Å². The molecule has 0 bridgehead atoms. The van der Waals surface area contributed by atoms with Crippen LogP contribution in [0.25, 0.3) is 0 Å². The van der Waals surface area contributed by atoms with Gasteiger partial charge in [0.05, 0.1) is 11.0 Å². The summed E-state index contributed by atoms with van der Waals surface area (Å²) in [6.45, 7) is 0. The number of fused-ring (bicyclic) bond motifs is 2. The largest absolute Gasteiger partial charge is 0.434 e. The van der Waals surface area contributed by atoms with Gasteiger partial charge in [0.25, 0.3) is 5.90 Å².